The van der Waals surface area contributed by atoms with Crippen molar-refractivity contribution in [2.45, 2.75) is 30.7 Å². The summed E-state index contributed by atoms with van der Waals surface area (Å²) in [5.41, 5.74) is 6.85. The summed E-state index contributed by atoms with van der Waals surface area (Å²) in [6, 6.07) is 10.9. The van der Waals surface area contributed by atoms with Crippen LogP contribution in [-0.2, 0) is 0 Å². The van der Waals surface area contributed by atoms with E-state index in [9.17, 15) is 13.9 Å². The average Bonchev–Trinajstić information content (AvgIpc) is 3.04. The third-order valence-corrected chi connectivity index (χ3v) is 4.81. The second-order valence-corrected chi connectivity index (χ2v) is 6.80. The number of ether oxygens (including phenoxy) is 2. The van der Waals surface area contributed by atoms with E-state index in [0.29, 0.717) is 11.7 Å². The van der Waals surface area contributed by atoms with Crippen LogP contribution in [0.3, 0.4) is 0 Å². The number of benzene rings is 2. The molecule has 0 amide bonds. The smallest absolute Gasteiger partial charge is 0.167 e. The van der Waals surface area contributed by atoms with E-state index in [-0.39, 0.29) is 25.6 Å². The zero-order valence-corrected chi connectivity index (χ0v) is 14.5. The molecule has 1 aliphatic carbocycles. The number of rotatable bonds is 7. The number of aliphatic hydroxyl groups is 1. The fraction of sp³-hybridized carbons (Fsp3) is 0.400. The summed E-state index contributed by atoms with van der Waals surface area (Å²) in [5, 5.41) is 9.37. The summed E-state index contributed by atoms with van der Waals surface area (Å²) in [6.07, 6.45) is 2.57. The number of aliphatic hydroxyl groups excluding tert-OH is 1. The quantitative estimate of drug-likeness (QED) is 0.740. The monoisotopic (exact) mass is 363 g/mol. The lowest BCUT2D eigenvalue weighted by Crippen LogP contribution is -2.40. The molecule has 1 fully saturated rings. The van der Waals surface area contributed by atoms with Crippen molar-refractivity contribution in [2.24, 2.45) is 5.73 Å². The van der Waals surface area contributed by atoms with E-state index in [4.69, 9.17) is 15.2 Å². The van der Waals surface area contributed by atoms with Gasteiger partial charge < -0.3 is 20.3 Å². The molecule has 0 heterocycles. The first kappa shape index (κ1) is 18.6. The maximum Gasteiger partial charge on any atom is 0.167 e. The second kappa shape index (κ2) is 8.01. The van der Waals surface area contributed by atoms with Crippen LogP contribution in [0.5, 0.6) is 11.5 Å². The fourth-order valence-corrected chi connectivity index (χ4v) is 3.32. The van der Waals surface area contributed by atoms with Crippen LogP contribution in [0, 0.1) is 11.6 Å². The summed E-state index contributed by atoms with van der Waals surface area (Å²) < 4.78 is 37.1. The van der Waals surface area contributed by atoms with Gasteiger partial charge in [-0.15, -0.1) is 0 Å². The predicted molar refractivity (Wildman–Crippen MR) is 94.4 cm³/mol. The molecule has 2 atom stereocenters. The van der Waals surface area contributed by atoms with Gasteiger partial charge in [-0.2, -0.15) is 0 Å². The Kier molecular flexibility index (Phi) is 5.74. The maximum atomic E-state index is 13.4. The lowest BCUT2D eigenvalue weighted by Gasteiger charge is -2.21. The molecule has 3 rings (SSSR count). The van der Waals surface area contributed by atoms with Crippen LogP contribution >= 0.6 is 0 Å². The third-order valence-electron chi connectivity index (χ3n) is 4.81. The molecule has 0 bridgehead atoms. The van der Waals surface area contributed by atoms with Gasteiger partial charge in [0.2, 0.25) is 0 Å². The predicted octanol–water partition coefficient (Wildman–Crippen LogP) is 3.38. The lowest BCUT2D eigenvalue weighted by molar-refractivity contribution is 0.198. The first-order valence-corrected chi connectivity index (χ1v) is 8.69. The fourth-order valence-electron chi connectivity index (χ4n) is 3.32. The molecule has 6 heteroatoms. The lowest BCUT2D eigenvalue weighted by atomic mass is 9.94. The summed E-state index contributed by atoms with van der Waals surface area (Å²) in [7, 11) is 0. The molecule has 0 aliphatic heterocycles. The third kappa shape index (κ3) is 4.51. The molecule has 2 aromatic carbocycles. The number of hydrogen-bond donors (Lipinski definition) is 2. The maximum absolute atomic E-state index is 13.4. The molecular weight excluding hydrogens is 340 g/mol. The van der Waals surface area contributed by atoms with E-state index in [2.05, 4.69) is 0 Å². The largest absolute Gasteiger partial charge is 0.490 e. The van der Waals surface area contributed by atoms with Gasteiger partial charge in [0, 0.05) is 11.6 Å². The van der Waals surface area contributed by atoms with Gasteiger partial charge in [-0.1, -0.05) is 12.1 Å². The van der Waals surface area contributed by atoms with E-state index in [1.807, 2.05) is 24.3 Å². The van der Waals surface area contributed by atoms with Gasteiger partial charge in [-0.05, 0) is 55.0 Å². The van der Waals surface area contributed by atoms with Crippen molar-refractivity contribution in [3.8, 4) is 11.5 Å². The molecule has 0 unspecified atom stereocenters. The average molecular weight is 363 g/mol. The van der Waals surface area contributed by atoms with E-state index < -0.39 is 17.2 Å². The molecule has 4 nitrogen and oxygen atoms in total. The molecule has 26 heavy (non-hydrogen) atoms. The molecule has 140 valence electrons. The zero-order chi connectivity index (χ0) is 18.6. The Morgan fingerprint density at radius 2 is 1.81 bits per heavy atom. The molecule has 1 aliphatic rings. The molecule has 2 aromatic rings. The summed E-state index contributed by atoms with van der Waals surface area (Å²) >= 11 is 0. The Labute approximate surface area is 151 Å². The van der Waals surface area contributed by atoms with Crippen molar-refractivity contribution in [3.63, 3.8) is 0 Å². The van der Waals surface area contributed by atoms with Crippen LogP contribution in [0.1, 0.15) is 30.7 Å². The Hall–Kier alpha value is -2.18. The highest BCUT2D eigenvalue weighted by atomic mass is 19.1. The van der Waals surface area contributed by atoms with Crippen molar-refractivity contribution < 1.29 is 23.4 Å². The van der Waals surface area contributed by atoms with Gasteiger partial charge in [-0.25, -0.2) is 8.78 Å². The number of halogens is 2. The van der Waals surface area contributed by atoms with Crippen LogP contribution in [0.4, 0.5) is 8.78 Å². The van der Waals surface area contributed by atoms with Gasteiger partial charge >= 0.3 is 0 Å². The standard InChI is InChI=1S/C20H23F2NO3/c21-16-3-6-19(18(22)11-16)26-10-9-25-17-4-1-14(2-5-17)15-7-8-20(23,12-15)13-24/h1-6,11,15,24H,7-10,12-13,23H2/t15-,20-/m1/s1. The van der Waals surface area contributed by atoms with Gasteiger partial charge in [0.15, 0.2) is 11.6 Å². The molecule has 3 N–H and O–H groups in total. The first-order valence-electron chi connectivity index (χ1n) is 8.69. The SMILES string of the molecule is N[C@]1(CO)CC[C@@H](c2ccc(OCCOc3ccc(F)cc3F)cc2)C1. The Morgan fingerprint density at radius 3 is 2.46 bits per heavy atom. The minimum atomic E-state index is -0.732. The minimum Gasteiger partial charge on any atom is -0.490 e. The highest BCUT2D eigenvalue weighted by Gasteiger charge is 2.35. The van der Waals surface area contributed by atoms with E-state index in [1.165, 1.54) is 11.6 Å². The molecule has 0 spiro atoms. The molecule has 1 saturated carbocycles. The molecule has 0 aromatic heterocycles. The second-order valence-electron chi connectivity index (χ2n) is 6.80. The highest BCUT2D eigenvalue weighted by molar-refractivity contribution is 5.31. The van der Waals surface area contributed by atoms with Crippen molar-refractivity contribution in [3.05, 3.63) is 59.7 Å². The van der Waals surface area contributed by atoms with Crippen LogP contribution in [0.25, 0.3) is 0 Å². The Bertz CT molecular complexity index is 738. The Morgan fingerprint density at radius 1 is 1.08 bits per heavy atom. The van der Waals surface area contributed by atoms with Crippen LogP contribution in [-0.4, -0.2) is 30.5 Å². The topological polar surface area (TPSA) is 64.7 Å². The van der Waals surface area contributed by atoms with Gasteiger partial charge in [-0.3, -0.25) is 0 Å². The van der Waals surface area contributed by atoms with E-state index in [0.717, 1.165) is 31.4 Å². The van der Waals surface area contributed by atoms with Crippen LogP contribution in [0.15, 0.2) is 42.5 Å². The van der Waals surface area contributed by atoms with Crippen molar-refractivity contribution >= 4 is 0 Å². The molecule has 0 radical (unpaired) electrons. The van der Waals surface area contributed by atoms with Crippen LogP contribution in [0.2, 0.25) is 0 Å². The van der Waals surface area contributed by atoms with Gasteiger partial charge in [0.25, 0.3) is 0 Å². The Balaban J connectivity index is 1.46. The molecule has 0 saturated heterocycles. The highest BCUT2D eigenvalue weighted by Crippen LogP contribution is 2.39. The van der Waals surface area contributed by atoms with Crippen molar-refractivity contribution in [1.29, 1.82) is 0 Å². The van der Waals surface area contributed by atoms with Crippen molar-refractivity contribution in [2.75, 3.05) is 19.8 Å². The van der Waals surface area contributed by atoms with E-state index >= 15 is 0 Å². The molecular formula is C20H23F2NO3. The summed E-state index contributed by atoms with van der Waals surface area (Å²) in [4.78, 5) is 0. The summed E-state index contributed by atoms with van der Waals surface area (Å²) in [6.45, 7) is 0.411. The number of hydrogen-bond acceptors (Lipinski definition) is 4. The summed E-state index contributed by atoms with van der Waals surface area (Å²) in [5.74, 6) is -0.327. The first-order chi connectivity index (χ1) is 12.5. The van der Waals surface area contributed by atoms with Crippen molar-refractivity contribution in [1.82, 2.24) is 0 Å². The zero-order valence-electron chi connectivity index (χ0n) is 14.5. The van der Waals surface area contributed by atoms with Gasteiger partial charge in [0.05, 0.1) is 6.61 Å². The van der Waals surface area contributed by atoms with Gasteiger partial charge in [0.1, 0.15) is 24.8 Å². The minimum absolute atomic E-state index is 0.000678. The normalized spacial score (nSPS) is 22.4. The van der Waals surface area contributed by atoms with E-state index in [1.54, 1.807) is 0 Å². The number of nitrogens with two attached hydrogens (primary N) is 1. The van der Waals surface area contributed by atoms with Crippen LogP contribution < -0.4 is 15.2 Å².